The first-order chi connectivity index (χ1) is 8.06. The van der Waals surface area contributed by atoms with Gasteiger partial charge in [-0.1, -0.05) is 13.8 Å². The van der Waals surface area contributed by atoms with Crippen LogP contribution in [0.25, 0.3) is 0 Å². The Kier molecular flexibility index (Phi) is 3.87. The smallest absolute Gasteiger partial charge is 0.125 e. The quantitative estimate of drug-likeness (QED) is 0.873. The maximum Gasteiger partial charge on any atom is 0.125 e. The van der Waals surface area contributed by atoms with Gasteiger partial charge >= 0.3 is 0 Å². The van der Waals surface area contributed by atoms with E-state index in [9.17, 15) is 0 Å². The molecule has 1 aromatic rings. The fourth-order valence-corrected chi connectivity index (χ4v) is 3.31. The number of aryl methyl sites for hydroxylation is 1. The predicted molar refractivity (Wildman–Crippen MR) is 70.7 cm³/mol. The summed E-state index contributed by atoms with van der Waals surface area (Å²) in [6.45, 7) is 6.96. The lowest BCUT2D eigenvalue weighted by Crippen LogP contribution is -2.38. The molecule has 0 aromatic carbocycles. The molecule has 0 bridgehead atoms. The average molecular weight is 235 g/mol. The molecule has 1 heterocycles. The SMILES string of the molecule is CC1CC(C)CC(NC(C)c2nccn2C)C1. The van der Waals surface area contributed by atoms with Crippen LogP contribution >= 0.6 is 0 Å². The van der Waals surface area contributed by atoms with Crippen molar-refractivity contribution < 1.29 is 0 Å². The van der Waals surface area contributed by atoms with E-state index < -0.39 is 0 Å². The summed E-state index contributed by atoms with van der Waals surface area (Å²) in [5.41, 5.74) is 0. The monoisotopic (exact) mass is 235 g/mol. The Balaban J connectivity index is 1.94. The molecule has 1 aromatic heterocycles. The number of nitrogens with one attached hydrogen (secondary N) is 1. The van der Waals surface area contributed by atoms with Gasteiger partial charge in [0.2, 0.25) is 0 Å². The van der Waals surface area contributed by atoms with E-state index in [0.717, 1.165) is 17.7 Å². The molecule has 3 atom stereocenters. The zero-order chi connectivity index (χ0) is 12.4. The highest BCUT2D eigenvalue weighted by atomic mass is 15.1. The van der Waals surface area contributed by atoms with Crippen LogP contribution in [0, 0.1) is 11.8 Å². The summed E-state index contributed by atoms with van der Waals surface area (Å²) in [5.74, 6) is 2.84. The van der Waals surface area contributed by atoms with Crippen molar-refractivity contribution in [2.75, 3.05) is 0 Å². The molecular formula is C14H25N3. The van der Waals surface area contributed by atoms with Crippen LogP contribution in [0.1, 0.15) is 51.9 Å². The van der Waals surface area contributed by atoms with Crippen LogP contribution in [0.5, 0.6) is 0 Å². The molecule has 0 radical (unpaired) electrons. The molecule has 17 heavy (non-hydrogen) atoms. The second-order valence-electron chi connectivity index (χ2n) is 5.90. The van der Waals surface area contributed by atoms with E-state index in [0.29, 0.717) is 12.1 Å². The average Bonchev–Trinajstić information content (AvgIpc) is 2.62. The minimum absolute atomic E-state index is 0.345. The fraction of sp³-hybridized carbons (Fsp3) is 0.786. The maximum atomic E-state index is 4.42. The van der Waals surface area contributed by atoms with E-state index in [1.54, 1.807) is 0 Å². The lowest BCUT2D eigenvalue weighted by atomic mass is 9.80. The largest absolute Gasteiger partial charge is 0.337 e. The lowest BCUT2D eigenvalue weighted by molar-refractivity contribution is 0.226. The van der Waals surface area contributed by atoms with Crippen molar-refractivity contribution in [2.24, 2.45) is 18.9 Å². The van der Waals surface area contributed by atoms with E-state index in [2.05, 4.69) is 42.7 Å². The number of imidazole rings is 1. The van der Waals surface area contributed by atoms with Crippen LogP contribution in [0.4, 0.5) is 0 Å². The van der Waals surface area contributed by atoms with Crippen LogP contribution in [-0.4, -0.2) is 15.6 Å². The predicted octanol–water partition coefficient (Wildman–Crippen LogP) is 2.90. The zero-order valence-corrected chi connectivity index (χ0v) is 11.5. The summed E-state index contributed by atoms with van der Waals surface area (Å²) in [7, 11) is 2.06. The molecule has 1 aliphatic carbocycles. The third-order valence-corrected chi connectivity index (χ3v) is 3.91. The van der Waals surface area contributed by atoms with Crippen molar-refractivity contribution in [3.63, 3.8) is 0 Å². The first-order valence-electron chi connectivity index (χ1n) is 6.79. The molecule has 96 valence electrons. The van der Waals surface area contributed by atoms with Gasteiger partial charge in [0, 0.05) is 25.5 Å². The highest BCUT2D eigenvalue weighted by molar-refractivity contribution is 4.98. The summed E-state index contributed by atoms with van der Waals surface area (Å²) in [6, 6.07) is 0.998. The summed E-state index contributed by atoms with van der Waals surface area (Å²) >= 11 is 0. The van der Waals surface area contributed by atoms with Gasteiger partial charge < -0.3 is 9.88 Å². The Hall–Kier alpha value is -0.830. The van der Waals surface area contributed by atoms with Gasteiger partial charge in [0.1, 0.15) is 5.82 Å². The summed E-state index contributed by atoms with van der Waals surface area (Å²) in [6.07, 6.45) is 7.88. The minimum Gasteiger partial charge on any atom is -0.337 e. The van der Waals surface area contributed by atoms with Gasteiger partial charge in [-0.15, -0.1) is 0 Å². The third-order valence-electron chi connectivity index (χ3n) is 3.91. The first-order valence-corrected chi connectivity index (χ1v) is 6.79. The van der Waals surface area contributed by atoms with Crippen molar-refractivity contribution >= 4 is 0 Å². The summed E-state index contributed by atoms with van der Waals surface area (Å²) < 4.78 is 2.10. The Bertz CT molecular complexity index is 348. The Morgan fingerprint density at radius 2 is 1.94 bits per heavy atom. The molecule has 3 unspecified atom stereocenters. The van der Waals surface area contributed by atoms with Crippen molar-refractivity contribution in [3.8, 4) is 0 Å². The number of nitrogens with zero attached hydrogens (tertiary/aromatic N) is 2. The van der Waals surface area contributed by atoms with E-state index in [-0.39, 0.29) is 0 Å². The van der Waals surface area contributed by atoms with Crippen LogP contribution in [0.2, 0.25) is 0 Å². The topological polar surface area (TPSA) is 29.9 Å². The summed E-state index contributed by atoms with van der Waals surface area (Å²) in [5, 5.41) is 3.74. The molecule has 0 amide bonds. The van der Waals surface area contributed by atoms with Crippen LogP contribution in [0.3, 0.4) is 0 Å². The highest BCUT2D eigenvalue weighted by Crippen LogP contribution is 2.29. The van der Waals surface area contributed by atoms with E-state index in [1.165, 1.54) is 19.3 Å². The minimum atomic E-state index is 0.345. The van der Waals surface area contributed by atoms with Crippen molar-refractivity contribution in [3.05, 3.63) is 18.2 Å². The Morgan fingerprint density at radius 3 is 2.47 bits per heavy atom. The molecule has 1 aliphatic rings. The lowest BCUT2D eigenvalue weighted by Gasteiger charge is -2.33. The number of hydrogen-bond donors (Lipinski definition) is 1. The molecule has 0 saturated heterocycles. The molecule has 1 fully saturated rings. The highest BCUT2D eigenvalue weighted by Gasteiger charge is 2.25. The second-order valence-corrected chi connectivity index (χ2v) is 5.90. The van der Waals surface area contributed by atoms with Gasteiger partial charge in [-0.25, -0.2) is 4.98 Å². The molecule has 2 rings (SSSR count). The fourth-order valence-electron chi connectivity index (χ4n) is 3.31. The number of rotatable bonds is 3. The summed E-state index contributed by atoms with van der Waals surface area (Å²) in [4.78, 5) is 4.42. The second kappa shape index (κ2) is 5.21. The van der Waals surface area contributed by atoms with E-state index in [4.69, 9.17) is 0 Å². The maximum absolute atomic E-state index is 4.42. The zero-order valence-electron chi connectivity index (χ0n) is 11.5. The van der Waals surface area contributed by atoms with Gasteiger partial charge in [0.15, 0.2) is 0 Å². The van der Waals surface area contributed by atoms with E-state index in [1.807, 2.05) is 12.4 Å². The third kappa shape index (κ3) is 3.09. The van der Waals surface area contributed by atoms with Gasteiger partial charge in [-0.2, -0.15) is 0 Å². The van der Waals surface area contributed by atoms with Gasteiger partial charge in [0.05, 0.1) is 6.04 Å². The molecular weight excluding hydrogens is 210 g/mol. The number of hydrogen-bond acceptors (Lipinski definition) is 2. The normalized spacial score (nSPS) is 31.4. The van der Waals surface area contributed by atoms with Crippen LogP contribution < -0.4 is 5.32 Å². The van der Waals surface area contributed by atoms with E-state index >= 15 is 0 Å². The molecule has 3 nitrogen and oxygen atoms in total. The molecule has 3 heteroatoms. The van der Waals surface area contributed by atoms with Crippen LogP contribution in [-0.2, 0) is 7.05 Å². The van der Waals surface area contributed by atoms with Crippen molar-refractivity contribution in [1.29, 1.82) is 0 Å². The Morgan fingerprint density at radius 1 is 1.29 bits per heavy atom. The van der Waals surface area contributed by atoms with Crippen LogP contribution in [0.15, 0.2) is 12.4 Å². The molecule has 0 aliphatic heterocycles. The van der Waals surface area contributed by atoms with Gasteiger partial charge in [-0.3, -0.25) is 0 Å². The van der Waals surface area contributed by atoms with Gasteiger partial charge in [0.25, 0.3) is 0 Å². The van der Waals surface area contributed by atoms with Crippen molar-refractivity contribution in [2.45, 2.75) is 52.1 Å². The van der Waals surface area contributed by atoms with Gasteiger partial charge in [-0.05, 0) is 38.0 Å². The standard InChI is InChI=1S/C14H25N3/c1-10-7-11(2)9-13(8-10)16-12(3)14-15-5-6-17(14)4/h5-6,10-13,16H,7-9H2,1-4H3. The molecule has 1 saturated carbocycles. The molecule has 0 spiro atoms. The van der Waals surface area contributed by atoms with Crippen molar-refractivity contribution in [1.82, 2.24) is 14.9 Å². The number of aromatic nitrogens is 2. The Labute approximate surface area is 105 Å². The molecule has 1 N–H and O–H groups in total. The first kappa shape index (κ1) is 12.6.